The monoisotopic (exact) mass is 246 g/mol. The van der Waals surface area contributed by atoms with E-state index < -0.39 is 5.54 Å². The molecule has 0 spiro atoms. The molecule has 0 heterocycles. The summed E-state index contributed by atoms with van der Waals surface area (Å²) in [7, 11) is 6.95. The first-order chi connectivity index (χ1) is 8.00. The molecule has 0 fully saturated rings. The van der Waals surface area contributed by atoms with Gasteiger partial charge in [0, 0.05) is 13.7 Å². The van der Waals surface area contributed by atoms with Gasteiger partial charge in [0.2, 0.25) is 0 Å². The minimum atomic E-state index is -0.586. The molecule has 5 nitrogen and oxygen atoms in total. The number of esters is 1. The Kier molecular flexibility index (Phi) is 8.12. The van der Waals surface area contributed by atoms with Gasteiger partial charge in [-0.1, -0.05) is 0 Å². The maximum Gasteiger partial charge on any atom is 0.325 e. The fourth-order valence-electron chi connectivity index (χ4n) is 1.62. The third kappa shape index (κ3) is 6.00. The van der Waals surface area contributed by atoms with Crippen molar-refractivity contribution in [1.82, 2.24) is 10.2 Å². The lowest BCUT2D eigenvalue weighted by molar-refractivity contribution is -0.148. The Hall–Kier alpha value is -0.650. The predicted molar refractivity (Wildman–Crippen MR) is 68.1 cm³/mol. The van der Waals surface area contributed by atoms with Gasteiger partial charge in [-0.05, 0) is 40.4 Å². The lowest BCUT2D eigenvalue weighted by atomic mass is 9.96. The zero-order valence-electron chi connectivity index (χ0n) is 11.7. The molecule has 0 aromatic heterocycles. The van der Waals surface area contributed by atoms with Crippen LogP contribution in [-0.4, -0.2) is 64.4 Å². The molecule has 0 aliphatic heterocycles. The topological polar surface area (TPSA) is 50.8 Å². The number of carbonyl (C=O) groups excluding carboxylic acids is 1. The molecule has 1 atom stereocenters. The molecule has 0 saturated heterocycles. The fourth-order valence-corrected chi connectivity index (χ4v) is 1.62. The second kappa shape index (κ2) is 8.44. The molecule has 0 saturated carbocycles. The smallest absolute Gasteiger partial charge is 0.325 e. The van der Waals surface area contributed by atoms with Crippen LogP contribution in [0.4, 0.5) is 0 Å². The van der Waals surface area contributed by atoms with E-state index in [-0.39, 0.29) is 5.97 Å². The van der Waals surface area contributed by atoms with Gasteiger partial charge in [-0.25, -0.2) is 0 Å². The highest BCUT2D eigenvalue weighted by atomic mass is 16.5. The zero-order valence-corrected chi connectivity index (χ0v) is 11.7. The van der Waals surface area contributed by atoms with Crippen LogP contribution < -0.4 is 5.32 Å². The summed E-state index contributed by atoms with van der Waals surface area (Å²) in [5.74, 6) is -0.209. The molecule has 0 aliphatic rings. The van der Waals surface area contributed by atoms with Crippen molar-refractivity contribution >= 4 is 5.97 Å². The van der Waals surface area contributed by atoms with E-state index >= 15 is 0 Å². The second-order valence-electron chi connectivity index (χ2n) is 4.47. The number of rotatable bonds is 9. The second-order valence-corrected chi connectivity index (χ2v) is 4.47. The Morgan fingerprint density at radius 2 is 2.00 bits per heavy atom. The van der Waals surface area contributed by atoms with Crippen LogP contribution in [0.5, 0.6) is 0 Å². The first-order valence-corrected chi connectivity index (χ1v) is 5.95. The van der Waals surface area contributed by atoms with Crippen molar-refractivity contribution in [2.75, 3.05) is 48.0 Å². The Morgan fingerprint density at radius 3 is 2.47 bits per heavy atom. The minimum Gasteiger partial charge on any atom is -0.468 e. The third-order valence-electron chi connectivity index (χ3n) is 3.08. The first kappa shape index (κ1) is 16.4. The Labute approximate surface area is 104 Å². The number of ether oxygens (including phenoxy) is 2. The van der Waals surface area contributed by atoms with Gasteiger partial charge >= 0.3 is 5.97 Å². The number of carbonyl (C=O) groups is 1. The maximum absolute atomic E-state index is 11.6. The van der Waals surface area contributed by atoms with Gasteiger partial charge in [-0.15, -0.1) is 0 Å². The highest BCUT2D eigenvalue weighted by Crippen LogP contribution is 2.13. The van der Waals surface area contributed by atoms with Crippen molar-refractivity contribution in [2.45, 2.75) is 25.3 Å². The van der Waals surface area contributed by atoms with E-state index in [1.807, 2.05) is 14.0 Å². The SMILES string of the molecule is CNC(C)(CCCN(C)CCOC)C(=O)OC. The van der Waals surface area contributed by atoms with Crippen LogP contribution in [0, 0.1) is 0 Å². The molecule has 1 unspecified atom stereocenters. The van der Waals surface area contributed by atoms with Gasteiger partial charge in [0.15, 0.2) is 0 Å². The Morgan fingerprint density at radius 1 is 1.35 bits per heavy atom. The van der Waals surface area contributed by atoms with E-state index in [4.69, 9.17) is 9.47 Å². The standard InChI is InChI=1S/C12H26N2O3/c1-12(13-2,11(15)17-5)7-6-8-14(3)9-10-16-4/h13H,6-10H2,1-5H3. The van der Waals surface area contributed by atoms with E-state index in [9.17, 15) is 4.79 Å². The van der Waals surface area contributed by atoms with E-state index in [1.165, 1.54) is 7.11 Å². The number of hydrogen-bond donors (Lipinski definition) is 1. The molecule has 0 aliphatic carbocycles. The highest BCUT2D eigenvalue weighted by molar-refractivity contribution is 5.80. The van der Waals surface area contributed by atoms with Crippen LogP contribution in [0.15, 0.2) is 0 Å². The van der Waals surface area contributed by atoms with E-state index in [2.05, 4.69) is 10.2 Å². The van der Waals surface area contributed by atoms with Crippen LogP contribution in [-0.2, 0) is 14.3 Å². The summed E-state index contributed by atoms with van der Waals surface area (Å²) in [6.45, 7) is 4.45. The van der Waals surface area contributed by atoms with Gasteiger partial charge in [0.25, 0.3) is 0 Å². The average Bonchev–Trinajstić information content (AvgIpc) is 2.34. The molecule has 0 aromatic carbocycles. The lowest BCUT2D eigenvalue weighted by Crippen LogP contribution is -2.48. The Bertz CT molecular complexity index is 224. The van der Waals surface area contributed by atoms with E-state index in [1.54, 1.807) is 14.2 Å². The van der Waals surface area contributed by atoms with Gasteiger partial charge in [0.1, 0.15) is 5.54 Å². The molecule has 5 heteroatoms. The minimum absolute atomic E-state index is 0.209. The van der Waals surface area contributed by atoms with Crippen molar-refractivity contribution in [3.8, 4) is 0 Å². The summed E-state index contributed by atoms with van der Waals surface area (Å²) in [6, 6.07) is 0. The van der Waals surface area contributed by atoms with Crippen LogP contribution in [0.25, 0.3) is 0 Å². The molecule has 1 N–H and O–H groups in total. The summed E-state index contributed by atoms with van der Waals surface area (Å²) in [4.78, 5) is 13.8. The number of hydrogen-bond acceptors (Lipinski definition) is 5. The van der Waals surface area contributed by atoms with E-state index in [0.717, 1.165) is 32.5 Å². The molecule has 0 radical (unpaired) electrons. The number of nitrogens with zero attached hydrogens (tertiary/aromatic N) is 1. The molecule has 17 heavy (non-hydrogen) atoms. The van der Waals surface area contributed by atoms with Crippen molar-refractivity contribution in [3.05, 3.63) is 0 Å². The van der Waals surface area contributed by atoms with Crippen molar-refractivity contribution in [2.24, 2.45) is 0 Å². The largest absolute Gasteiger partial charge is 0.468 e. The van der Waals surface area contributed by atoms with Crippen LogP contribution in [0.2, 0.25) is 0 Å². The third-order valence-corrected chi connectivity index (χ3v) is 3.08. The fraction of sp³-hybridized carbons (Fsp3) is 0.917. The summed E-state index contributed by atoms with van der Waals surface area (Å²) >= 11 is 0. The average molecular weight is 246 g/mol. The molecular weight excluding hydrogens is 220 g/mol. The first-order valence-electron chi connectivity index (χ1n) is 5.95. The van der Waals surface area contributed by atoms with Crippen LogP contribution in [0.1, 0.15) is 19.8 Å². The summed E-state index contributed by atoms with van der Waals surface area (Å²) in [5.41, 5.74) is -0.586. The highest BCUT2D eigenvalue weighted by Gasteiger charge is 2.31. The summed E-state index contributed by atoms with van der Waals surface area (Å²) < 4.78 is 9.80. The molecule has 0 rings (SSSR count). The number of nitrogens with one attached hydrogen (secondary N) is 1. The maximum atomic E-state index is 11.6. The van der Waals surface area contributed by atoms with Gasteiger partial charge < -0.3 is 19.7 Å². The normalized spacial score (nSPS) is 14.7. The molecule has 102 valence electrons. The van der Waals surface area contributed by atoms with Gasteiger partial charge in [0.05, 0.1) is 13.7 Å². The van der Waals surface area contributed by atoms with Crippen LogP contribution in [0.3, 0.4) is 0 Å². The Balaban J connectivity index is 3.95. The molecule has 0 amide bonds. The quantitative estimate of drug-likeness (QED) is 0.600. The molecule has 0 aromatic rings. The summed E-state index contributed by atoms with van der Waals surface area (Å²) in [6.07, 6.45) is 1.69. The van der Waals surface area contributed by atoms with Crippen molar-refractivity contribution < 1.29 is 14.3 Å². The van der Waals surface area contributed by atoms with Crippen molar-refractivity contribution in [3.63, 3.8) is 0 Å². The summed E-state index contributed by atoms with van der Waals surface area (Å²) in [5, 5.41) is 3.03. The number of methoxy groups -OCH3 is 2. The lowest BCUT2D eigenvalue weighted by Gasteiger charge is -2.27. The van der Waals surface area contributed by atoms with Gasteiger partial charge in [-0.3, -0.25) is 4.79 Å². The molecular formula is C12H26N2O3. The molecule has 0 bridgehead atoms. The van der Waals surface area contributed by atoms with Crippen LogP contribution >= 0.6 is 0 Å². The number of likely N-dealkylation sites (N-methyl/N-ethyl adjacent to an activating group) is 2. The zero-order chi connectivity index (χ0) is 13.3. The van der Waals surface area contributed by atoms with Crippen molar-refractivity contribution in [1.29, 1.82) is 0 Å². The predicted octanol–water partition coefficient (Wildman–Crippen LogP) is 0.496. The van der Waals surface area contributed by atoms with E-state index in [0.29, 0.717) is 0 Å². The van der Waals surface area contributed by atoms with Gasteiger partial charge in [-0.2, -0.15) is 0 Å².